The normalized spacial score (nSPS) is 10.5. The van der Waals surface area contributed by atoms with Crippen molar-refractivity contribution in [1.82, 2.24) is 0 Å². The van der Waals surface area contributed by atoms with Gasteiger partial charge in [0.15, 0.2) is 0 Å². The maximum atomic E-state index is 3.69. The maximum Gasteiger partial charge on any atom is 0.0259 e. The van der Waals surface area contributed by atoms with E-state index in [-0.39, 0.29) is 0 Å². The van der Waals surface area contributed by atoms with Gasteiger partial charge in [-0.2, -0.15) is 0 Å². The van der Waals surface area contributed by atoms with Gasteiger partial charge in [0.1, 0.15) is 0 Å². The van der Waals surface area contributed by atoms with Crippen LogP contribution in [0.15, 0.2) is 81.7 Å². The van der Waals surface area contributed by atoms with Crippen LogP contribution in [0.3, 0.4) is 0 Å². The summed E-state index contributed by atoms with van der Waals surface area (Å²) in [6.07, 6.45) is 0. The minimum atomic E-state index is 1.10. The lowest BCUT2D eigenvalue weighted by Gasteiger charge is -2.08. The topological polar surface area (TPSA) is 0 Å². The van der Waals surface area contributed by atoms with Crippen LogP contribution >= 0.6 is 31.9 Å². The predicted octanol–water partition coefficient (Wildman–Crippen LogP) is 6.55. The molecule has 0 radical (unpaired) electrons. The molecule has 0 bridgehead atoms. The van der Waals surface area contributed by atoms with Gasteiger partial charge in [-0.15, -0.1) is 0 Å². The second kappa shape index (κ2) is 5.94. The van der Waals surface area contributed by atoms with Crippen LogP contribution in [0.5, 0.6) is 0 Å². The van der Waals surface area contributed by atoms with E-state index in [2.05, 4.69) is 98.6 Å². The van der Waals surface area contributed by atoms with Crippen molar-refractivity contribution in [2.45, 2.75) is 0 Å². The van der Waals surface area contributed by atoms with Crippen LogP contribution in [-0.2, 0) is 0 Å². The van der Waals surface area contributed by atoms with E-state index in [0.29, 0.717) is 0 Å². The zero-order chi connectivity index (χ0) is 13.9. The van der Waals surface area contributed by atoms with Gasteiger partial charge in [0.25, 0.3) is 0 Å². The fourth-order valence-corrected chi connectivity index (χ4v) is 3.06. The molecule has 0 unspecified atom stereocenters. The summed E-state index contributed by atoms with van der Waals surface area (Å²) in [5, 5.41) is 0. The smallest absolute Gasteiger partial charge is 0.0259 e. The van der Waals surface area contributed by atoms with Gasteiger partial charge in [0, 0.05) is 8.95 Å². The Kier molecular flexibility index (Phi) is 4.04. The Labute approximate surface area is 135 Å². The monoisotopic (exact) mass is 386 g/mol. The molecule has 98 valence electrons. The quantitative estimate of drug-likeness (QED) is 0.467. The van der Waals surface area contributed by atoms with Crippen LogP contribution in [0, 0.1) is 0 Å². The maximum absolute atomic E-state index is 3.69. The molecule has 3 aromatic carbocycles. The first-order valence-electron chi connectivity index (χ1n) is 6.35. The van der Waals surface area contributed by atoms with Crippen molar-refractivity contribution in [3.63, 3.8) is 0 Å². The molecule has 3 rings (SSSR count). The highest BCUT2D eigenvalue weighted by molar-refractivity contribution is 9.10. The zero-order valence-electron chi connectivity index (χ0n) is 10.7. The predicted molar refractivity (Wildman–Crippen MR) is 92.7 cm³/mol. The molecular formula is C18H12Br2. The molecule has 0 nitrogen and oxygen atoms in total. The Morgan fingerprint density at radius 3 is 1.85 bits per heavy atom. The van der Waals surface area contributed by atoms with Crippen LogP contribution < -0.4 is 0 Å². The molecule has 0 aromatic heterocycles. The standard InChI is InChI=1S/C18H12Br2/c19-16-9-6-14(7-10-16)17-11-8-15(12-18(17)20)13-4-2-1-3-5-13/h1-12H. The molecule has 0 fully saturated rings. The zero-order valence-corrected chi connectivity index (χ0v) is 13.9. The fraction of sp³-hybridized carbons (Fsp3) is 0. The molecule has 20 heavy (non-hydrogen) atoms. The van der Waals surface area contributed by atoms with Gasteiger partial charge >= 0.3 is 0 Å². The summed E-state index contributed by atoms with van der Waals surface area (Å²) >= 11 is 7.15. The molecule has 0 atom stereocenters. The van der Waals surface area contributed by atoms with E-state index in [1.165, 1.54) is 22.3 Å². The summed E-state index contributed by atoms with van der Waals surface area (Å²) < 4.78 is 2.21. The Morgan fingerprint density at radius 2 is 1.20 bits per heavy atom. The van der Waals surface area contributed by atoms with Crippen LogP contribution in [-0.4, -0.2) is 0 Å². The molecule has 0 heterocycles. The minimum absolute atomic E-state index is 1.10. The molecule has 0 saturated heterocycles. The van der Waals surface area contributed by atoms with E-state index in [9.17, 15) is 0 Å². The van der Waals surface area contributed by atoms with Crippen molar-refractivity contribution < 1.29 is 0 Å². The molecule has 0 N–H and O–H groups in total. The number of rotatable bonds is 2. The summed E-state index contributed by atoms with van der Waals surface area (Å²) in [7, 11) is 0. The molecule has 0 amide bonds. The Morgan fingerprint density at radius 1 is 0.550 bits per heavy atom. The van der Waals surface area contributed by atoms with Crippen LogP contribution in [0.25, 0.3) is 22.3 Å². The first-order valence-corrected chi connectivity index (χ1v) is 7.93. The lowest BCUT2D eigenvalue weighted by molar-refractivity contribution is 1.55. The number of halogens is 2. The fourth-order valence-electron chi connectivity index (χ4n) is 2.19. The molecule has 0 aliphatic rings. The van der Waals surface area contributed by atoms with Crippen molar-refractivity contribution >= 4 is 31.9 Å². The van der Waals surface area contributed by atoms with Crippen molar-refractivity contribution in [2.24, 2.45) is 0 Å². The molecule has 0 saturated carbocycles. The summed E-state index contributed by atoms with van der Waals surface area (Å²) in [5.41, 5.74) is 4.87. The van der Waals surface area contributed by atoms with Crippen molar-refractivity contribution in [3.05, 3.63) is 81.7 Å². The van der Waals surface area contributed by atoms with E-state index in [4.69, 9.17) is 0 Å². The molecule has 0 spiro atoms. The van der Waals surface area contributed by atoms with E-state index < -0.39 is 0 Å². The Hall–Kier alpha value is -1.38. The third-order valence-corrected chi connectivity index (χ3v) is 4.42. The highest BCUT2D eigenvalue weighted by Gasteiger charge is 2.05. The van der Waals surface area contributed by atoms with Crippen LogP contribution in [0.1, 0.15) is 0 Å². The molecule has 2 heteroatoms. The SMILES string of the molecule is Brc1ccc(-c2ccc(-c3ccccc3)cc2Br)cc1. The summed E-state index contributed by atoms with van der Waals surface area (Å²) in [6.45, 7) is 0. The van der Waals surface area contributed by atoms with Gasteiger partial charge in [-0.1, -0.05) is 86.5 Å². The van der Waals surface area contributed by atoms with Gasteiger partial charge in [0.2, 0.25) is 0 Å². The van der Waals surface area contributed by atoms with Crippen molar-refractivity contribution in [1.29, 1.82) is 0 Å². The van der Waals surface area contributed by atoms with E-state index in [0.717, 1.165) is 8.95 Å². The molecule has 3 aromatic rings. The third kappa shape index (κ3) is 2.87. The molecule has 0 aliphatic heterocycles. The second-order valence-corrected chi connectivity index (χ2v) is 6.34. The van der Waals surface area contributed by atoms with Crippen LogP contribution in [0.4, 0.5) is 0 Å². The lowest BCUT2D eigenvalue weighted by atomic mass is 10.0. The van der Waals surface area contributed by atoms with Gasteiger partial charge in [-0.25, -0.2) is 0 Å². The Balaban J connectivity index is 2.02. The van der Waals surface area contributed by atoms with Gasteiger partial charge in [0.05, 0.1) is 0 Å². The summed E-state index contributed by atoms with van der Waals surface area (Å²) in [4.78, 5) is 0. The molecular weight excluding hydrogens is 376 g/mol. The summed E-state index contributed by atoms with van der Waals surface area (Å²) in [6, 6.07) is 25.3. The van der Waals surface area contributed by atoms with E-state index in [1.807, 2.05) is 6.07 Å². The van der Waals surface area contributed by atoms with Crippen molar-refractivity contribution in [3.8, 4) is 22.3 Å². The van der Waals surface area contributed by atoms with Gasteiger partial charge < -0.3 is 0 Å². The third-order valence-electron chi connectivity index (χ3n) is 3.23. The lowest BCUT2D eigenvalue weighted by Crippen LogP contribution is -1.83. The number of benzene rings is 3. The highest BCUT2D eigenvalue weighted by atomic mass is 79.9. The second-order valence-electron chi connectivity index (χ2n) is 4.57. The average Bonchev–Trinajstić information content (AvgIpc) is 2.49. The van der Waals surface area contributed by atoms with E-state index >= 15 is 0 Å². The van der Waals surface area contributed by atoms with Gasteiger partial charge in [-0.05, 0) is 40.5 Å². The average molecular weight is 388 g/mol. The minimum Gasteiger partial charge on any atom is -0.0622 e. The van der Waals surface area contributed by atoms with Gasteiger partial charge in [-0.3, -0.25) is 0 Å². The van der Waals surface area contributed by atoms with Crippen LogP contribution in [0.2, 0.25) is 0 Å². The summed E-state index contributed by atoms with van der Waals surface area (Å²) in [5.74, 6) is 0. The van der Waals surface area contributed by atoms with Crippen molar-refractivity contribution in [2.75, 3.05) is 0 Å². The first kappa shape index (κ1) is 13.6. The number of hydrogen-bond donors (Lipinski definition) is 0. The Bertz CT molecular complexity index is 716. The first-order chi connectivity index (χ1) is 9.74. The highest BCUT2D eigenvalue weighted by Crippen LogP contribution is 2.32. The number of hydrogen-bond acceptors (Lipinski definition) is 0. The van der Waals surface area contributed by atoms with E-state index in [1.54, 1.807) is 0 Å². The largest absolute Gasteiger partial charge is 0.0622 e. The molecule has 0 aliphatic carbocycles.